The molecule has 2 aliphatic heterocycles. The molecule has 3 aliphatic rings. The van der Waals surface area contributed by atoms with Crippen LogP contribution in [0.1, 0.15) is 40.7 Å². The van der Waals surface area contributed by atoms with Crippen LogP contribution in [0.2, 0.25) is 5.02 Å². The lowest BCUT2D eigenvalue weighted by molar-refractivity contribution is -0.0350. The minimum atomic E-state index is 0.0530. The SMILES string of the molecule is CN1CCC2(CC1)CCN2C(=O)c1cnc(NC2Cc3ccc(Cl)cc3C2)nc1. The van der Waals surface area contributed by atoms with E-state index in [1.165, 1.54) is 11.1 Å². The van der Waals surface area contributed by atoms with E-state index in [0.29, 0.717) is 11.5 Å². The lowest BCUT2D eigenvalue weighted by Gasteiger charge is -2.56. The second kappa shape index (κ2) is 7.26. The Labute approximate surface area is 176 Å². The number of rotatable bonds is 3. The van der Waals surface area contributed by atoms with E-state index < -0.39 is 0 Å². The van der Waals surface area contributed by atoms with Gasteiger partial charge in [0.1, 0.15) is 0 Å². The number of anilines is 1. The molecule has 0 bridgehead atoms. The van der Waals surface area contributed by atoms with E-state index in [0.717, 1.165) is 56.8 Å². The second-order valence-electron chi connectivity index (χ2n) is 8.69. The molecule has 1 aliphatic carbocycles. The van der Waals surface area contributed by atoms with Gasteiger partial charge in [-0.3, -0.25) is 4.79 Å². The molecule has 1 amide bonds. The van der Waals surface area contributed by atoms with Crippen molar-refractivity contribution in [2.45, 2.75) is 43.7 Å². The summed E-state index contributed by atoms with van der Waals surface area (Å²) in [6, 6.07) is 6.32. The van der Waals surface area contributed by atoms with Crippen LogP contribution in [0, 0.1) is 0 Å². The summed E-state index contributed by atoms with van der Waals surface area (Å²) in [5.74, 6) is 0.637. The van der Waals surface area contributed by atoms with E-state index in [2.05, 4.69) is 33.3 Å². The van der Waals surface area contributed by atoms with Gasteiger partial charge in [0, 0.05) is 48.6 Å². The van der Waals surface area contributed by atoms with E-state index >= 15 is 0 Å². The van der Waals surface area contributed by atoms with Gasteiger partial charge >= 0.3 is 0 Å². The van der Waals surface area contributed by atoms with E-state index in [9.17, 15) is 4.79 Å². The zero-order valence-electron chi connectivity index (χ0n) is 16.7. The first kappa shape index (κ1) is 18.8. The molecule has 5 rings (SSSR count). The zero-order valence-corrected chi connectivity index (χ0v) is 17.5. The fourth-order valence-electron chi connectivity index (χ4n) is 4.95. The van der Waals surface area contributed by atoms with E-state index in [1.54, 1.807) is 12.4 Å². The zero-order chi connectivity index (χ0) is 20.0. The molecule has 1 aromatic heterocycles. The number of nitrogens with zero attached hydrogens (tertiary/aromatic N) is 4. The van der Waals surface area contributed by atoms with Crippen LogP contribution in [-0.4, -0.2) is 63.9 Å². The number of carbonyl (C=O) groups excluding carboxylic acids is 1. The number of carbonyl (C=O) groups is 1. The summed E-state index contributed by atoms with van der Waals surface area (Å²) >= 11 is 6.10. The molecule has 0 radical (unpaired) electrons. The lowest BCUT2D eigenvalue weighted by atomic mass is 9.76. The Bertz CT molecular complexity index is 923. The number of benzene rings is 1. The maximum atomic E-state index is 13.0. The van der Waals surface area contributed by atoms with Crippen LogP contribution in [0.3, 0.4) is 0 Å². The first-order valence-electron chi connectivity index (χ1n) is 10.4. The number of amides is 1. The summed E-state index contributed by atoms with van der Waals surface area (Å²) in [4.78, 5) is 26.3. The van der Waals surface area contributed by atoms with Crippen molar-refractivity contribution in [2.24, 2.45) is 0 Å². The Hall–Kier alpha value is -2.18. The third kappa shape index (κ3) is 3.49. The quantitative estimate of drug-likeness (QED) is 0.841. The van der Waals surface area contributed by atoms with Gasteiger partial charge in [-0.2, -0.15) is 0 Å². The predicted octanol–water partition coefficient (Wildman–Crippen LogP) is 3.02. The molecule has 152 valence electrons. The highest BCUT2D eigenvalue weighted by Gasteiger charge is 2.48. The fourth-order valence-corrected chi connectivity index (χ4v) is 5.15. The minimum Gasteiger partial charge on any atom is -0.351 e. The van der Waals surface area contributed by atoms with Crippen molar-refractivity contribution < 1.29 is 4.79 Å². The molecule has 1 aromatic carbocycles. The molecule has 7 heteroatoms. The molecule has 1 N–H and O–H groups in total. The van der Waals surface area contributed by atoms with Crippen molar-refractivity contribution >= 4 is 23.5 Å². The molecule has 0 saturated carbocycles. The average molecular weight is 412 g/mol. The summed E-state index contributed by atoms with van der Waals surface area (Å²) in [5.41, 5.74) is 3.23. The number of aromatic nitrogens is 2. The molecule has 1 atom stereocenters. The van der Waals surface area contributed by atoms with E-state index in [-0.39, 0.29) is 17.5 Å². The minimum absolute atomic E-state index is 0.0530. The lowest BCUT2D eigenvalue weighted by Crippen LogP contribution is -2.65. The third-order valence-corrected chi connectivity index (χ3v) is 7.10. The fraction of sp³-hybridized carbons (Fsp3) is 0.500. The number of piperidine rings is 1. The molecule has 6 nitrogen and oxygen atoms in total. The Balaban J connectivity index is 1.22. The molecule has 2 aromatic rings. The van der Waals surface area contributed by atoms with Gasteiger partial charge < -0.3 is 15.1 Å². The van der Waals surface area contributed by atoms with Crippen LogP contribution in [-0.2, 0) is 12.8 Å². The van der Waals surface area contributed by atoms with Crippen LogP contribution >= 0.6 is 11.6 Å². The van der Waals surface area contributed by atoms with Crippen molar-refractivity contribution in [3.8, 4) is 0 Å². The highest BCUT2D eigenvalue weighted by molar-refractivity contribution is 6.30. The molecule has 1 spiro atoms. The predicted molar refractivity (Wildman–Crippen MR) is 113 cm³/mol. The van der Waals surface area contributed by atoms with Crippen molar-refractivity contribution in [1.29, 1.82) is 0 Å². The number of fused-ring (bicyclic) bond motifs is 1. The van der Waals surface area contributed by atoms with Gasteiger partial charge in [-0.15, -0.1) is 0 Å². The van der Waals surface area contributed by atoms with Gasteiger partial charge in [-0.1, -0.05) is 17.7 Å². The molecular weight excluding hydrogens is 386 g/mol. The molecule has 1 unspecified atom stereocenters. The molecule has 29 heavy (non-hydrogen) atoms. The van der Waals surface area contributed by atoms with Gasteiger partial charge in [-0.25, -0.2) is 9.97 Å². The molecule has 3 heterocycles. The van der Waals surface area contributed by atoms with Gasteiger partial charge in [0.2, 0.25) is 5.95 Å². The average Bonchev–Trinajstić information content (AvgIpc) is 3.09. The smallest absolute Gasteiger partial charge is 0.257 e. The first-order chi connectivity index (χ1) is 14.0. The number of halogens is 1. The van der Waals surface area contributed by atoms with Crippen LogP contribution in [0.5, 0.6) is 0 Å². The highest BCUT2D eigenvalue weighted by Crippen LogP contribution is 2.40. The largest absolute Gasteiger partial charge is 0.351 e. The summed E-state index contributed by atoms with van der Waals surface area (Å²) in [7, 11) is 2.15. The number of hydrogen-bond acceptors (Lipinski definition) is 5. The van der Waals surface area contributed by atoms with Crippen molar-refractivity contribution in [3.63, 3.8) is 0 Å². The van der Waals surface area contributed by atoms with E-state index in [1.807, 2.05) is 17.0 Å². The normalized spacial score (nSPS) is 23.0. The molecular formula is C22H26ClN5O. The standard InChI is InChI=1S/C22H26ClN5O/c1-27-7-4-22(5-8-27)6-9-28(22)20(29)17-13-24-21(25-14-17)26-19-11-15-2-3-18(23)10-16(15)12-19/h2-3,10,13-14,19H,4-9,11-12H2,1H3,(H,24,25,26). The Kier molecular flexibility index (Phi) is 4.71. The van der Waals surface area contributed by atoms with E-state index in [4.69, 9.17) is 11.6 Å². The summed E-state index contributed by atoms with van der Waals surface area (Å²) in [5, 5.41) is 4.17. The molecule has 2 saturated heterocycles. The van der Waals surface area contributed by atoms with Crippen LogP contribution in [0.15, 0.2) is 30.6 Å². The maximum Gasteiger partial charge on any atom is 0.257 e. The van der Waals surface area contributed by atoms with Gasteiger partial charge in [-0.05, 0) is 62.4 Å². The van der Waals surface area contributed by atoms with Crippen LogP contribution < -0.4 is 5.32 Å². The van der Waals surface area contributed by atoms with Gasteiger partial charge in [0.15, 0.2) is 0 Å². The molecule has 2 fully saturated rings. The summed E-state index contributed by atoms with van der Waals surface area (Å²) in [6.45, 7) is 2.95. The van der Waals surface area contributed by atoms with Gasteiger partial charge in [0.25, 0.3) is 5.91 Å². The topological polar surface area (TPSA) is 61.4 Å². The summed E-state index contributed by atoms with van der Waals surface area (Å²) < 4.78 is 0. The number of nitrogens with one attached hydrogen (secondary N) is 1. The monoisotopic (exact) mass is 411 g/mol. The number of hydrogen-bond donors (Lipinski definition) is 1. The number of likely N-dealkylation sites (tertiary alicyclic amines) is 2. The van der Waals surface area contributed by atoms with Gasteiger partial charge in [0.05, 0.1) is 5.56 Å². The van der Waals surface area contributed by atoms with Crippen LogP contribution in [0.25, 0.3) is 0 Å². The maximum absolute atomic E-state index is 13.0. The Morgan fingerprint density at radius 1 is 1.10 bits per heavy atom. The Morgan fingerprint density at radius 3 is 2.48 bits per heavy atom. The first-order valence-corrected chi connectivity index (χ1v) is 10.8. The van der Waals surface area contributed by atoms with Crippen molar-refractivity contribution in [1.82, 2.24) is 19.8 Å². The Morgan fingerprint density at radius 2 is 1.79 bits per heavy atom. The van der Waals surface area contributed by atoms with Crippen molar-refractivity contribution in [2.75, 3.05) is 32.0 Å². The third-order valence-electron chi connectivity index (χ3n) is 6.87. The van der Waals surface area contributed by atoms with Crippen molar-refractivity contribution in [3.05, 3.63) is 52.3 Å². The second-order valence-corrected chi connectivity index (χ2v) is 9.13. The van der Waals surface area contributed by atoms with Crippen LogP contribution in [0.4, 0.5) is 5.95 Å². The summed E-state index contributed by atoms with van der Waals surface area (Å²) in [6.07, 6.45) is 8.39. The highest BCUT2D eigenvalue weighted by atomic mass is 35.5.